The van der Waals surface area contributed by atoms with E-state index in [0.717, 1.165) is 27.1 Å². The molecular weight excluding hydrogens is 765 g/mol. The molecule has 0 saturated carbocycles. The van der Waals surface area contributed by atoms with Crippen molar-refractivity contribution in [3.8, 4) is 0 Å². The third-order valence-corrected chi connectivity index (χ3v) is 15.2. The summed E-state index contributed by atoms with van der Waals surface area (Å²) in [6.07, 6.45) is -5.26. The molecule has 1 saturated heterocycles. The van der Waals surface area contributed by atoms with Crippen LogP contribution in [-0.4, -0.2) is 63.5 Å². The Labute approximate surface area is 347 Å². The van der Waals surface area contributed by atoms with Crippen LogP contribution in [-0.2, 0) is 62.3 Å². The van der Waals surface area contributed by atoms with Crippen molar-refractivity contribution in [3.63, 3.8) is 0 Å². The van der Waals surface area contributed by atoms with E-state index in [2.05, 4.69) is 45.0 Å². The van der Waals surface area contributed by atoms with E-state index in [1.165, 1.54) is 13.8 Å². The van der Waals surface area contributed by atoms with Crippen LogP contribution >= 0.6 is 0 Å². The van der Waals surface area contributed by atoms with Gasteiger partial charge in [0.15, 0.2) is 18.5 Å². The highest BCUT2D eigenvalue weighted by atomic mass is 28.4. The van der Waals surface area contributed by atoms with E-state index in [-0.39, 0.29) is 31.5 Å². The second kappa shape index (κ2) is 20.0. The molecule has 0 unspecified atom stereocenters. The van der Waals surface area contributed by atoms with Crippen molar-refractivity contribution >= 4 is 36.6 Å². The third kappa shape index (κ3) is 11.0. The first-order valence-corrected chi connectivity index (χ1v) is 21.7. The predicted octanol–water partition coefficient (Wildman–Crippen LogP) is 7.31. The van der Waals surface area contributed by atoms with Crippen molar-refractivity contribution in [2.24, 2.45) is 0 Å². The fourth-order valence-electron chi connectivity index (χ4n) is 7.44. The van der Waals surface area contributed by atoms with Crippen LogP contribution in [0.15, 0.2) is 146 Å². The van der Waals surface area contributed by atoms with Crippen LogP contribution in [0.1, 0.15) is 61.7 Å². The van der Waals surface area contributed by atoms with Gasteiger partial charge >= 0.3 is 17.9 Å². The van der Waals surface area contributed by atoms with Crippen molar-refractivity contribution in [1.29, 1.82) is 0 Å². The van der Waals surface area contributed by atoms with Crippen molar-refractivity contribution in [1.82, 2.24) is 0 Å². The number of benzene rings is 5. The minimum Gasteiger partial charge on any atom is -0.457 e. The van der Waals surface area contributed by atoms with Gasteiger partial charge in [0.2, 0.25) is 0 Å². The molecular formula is C48H52O10Si. The molecule has 0 radical (unpaired) electrons. The normalized spacial score (nSPS) is 19.4. The first-order valence-electron chi connectivity index (χ1n) is 19.8. The van der Waals surface area contributed by atoms with Crippen LogP contribution < -0.4 is 10.4 Å². The Bertz CT molecular complexity index is 2050. The van der Waals surface area contributed by atoms with E-state index < -0.39 is 56.9 Å². The lowest BCUT2D eigenvalue weighted by molar-refractivity contribution is -0.315. The van der Waals surface area contributed by atoms with Gasteiger partial charge in [-0.25, -0.2) is 4.79 Å². The van der Waals surface area contributed by atoms with Gasteiger partial charge in [0.1, 0.15) is 18.8 Å². The van der Waals surface area contributed by atoms with E-state index in [1.54, 1.807) is 24.3 Å². The highest BCUT2D eigenvalue weighted by Crippen LogP contribution is 2.38. The fraction of sp³-hybridized carbons (Fsp3) is 0.312. The average molecular weight is 817 g/mol. The van der Waals surface area contributed by atoms with Crippen molar-refractivity contribution < 1.29 is 47.2 Å². The first-order chi connectivity index (χ1) is 28.4. The number of hydrogen-bond acceptors (Lipinski definition) is 10. The molecule has 308 valence electrons. The van der Waals surface area contributed by atoms with Gasteiger partial charge in [0.05, 0.1) is 25.4 Å². The molecule has 0 N–H and O–H groups in total. The number of esters is 3. The van der Waals surface area contributed by atoms with Crippen molar-refractivity contribution in [2.45, 2.75) is 90.2 Å². The van der Waals surface area contributed by atoms with E-state index in [0.29, 0.717) is 5.56 Å². The Morgan fingerprint density at radius 1 is 0.559 bits per heavy atom. The Morgan fingerprint density at radius 2 is 1.02 bits per heavy atom. The summed E-state index contributed by atoms with van der Waals surface area (Å²) < 4.78 is 44.5. The molecule has 5 aromatic carbocycles. The second-order valence-corrected chi connectivity index (χ2v) is 19.8. The molecule has 10 nitrogen and oxygen atoms in total. The standard InChI is InChI=1S/C48H52O10Si/c1-34(49)56-44-43(52-30-36-18-10-6-11-19-36)42(33-55-59(48(3,4)5,40-22-14-8-15-23-40)41-24-16-9-17-25-41)58-47(45(44)57-35(2)50)54-32-38-28-26-37(27-29-38)31-53-46(51)39-20-12-7-13-21-39/h6-29,42-45,47H,30-33H2,1-5H3/t42-,43-,44+,45-,47-/m1/s1. The van der Waals surface area contributed by atoms with Gasteiger partial charge in [-0.15, -0.1) is 0 Å². The minimum atomic E-state index is -3.08. The minimum absolute atomic E-state index is 0.0353. The highest BCUT2D eigenvalue weighted by molar-refractivity contribution is 6.99. The summed E-state index contributed by atoms with van der Waals surface area (Å²) in [6.45, 7) is 9.49. The Hall–Kier alpha value is -5.43. The van der Waals surface area contributed by atoms with Crippen LogP contribution in [0.5, 0.6) is 0 Å². The van der Waals surface area contributed by atoms with E-state index in [1.807, 2.05) is 97.1 Å². The van der Waals surface area contributed by atoms with Gasteiger partial charge in [-0.2, -0.15) is 0 Å². The lowest BCUT2D eigenvalue weighted by Gasteiger charge is -2.47. The first kappa shape index (κ1) is 43.2. The Kier molecular flexibility index (Phi) is 14.6. The largest absolute Gasteiger partial charge is 0.457 e. The maximum atomic E-state index is 12.8. The topological polar surface area (TPSA) is 116 Å². The molecule has 0 aromatic heterocycles. The molecule has 6 rings (SSSR count). The molecule has 5 atom stereocenters. The molecule has 0 aliphatic carbocycles. The van der Waals surface area contributed by atoms with Crippen molar-refractivity contribution in [3.05, 3.63) is 168 Å². The monoisotopic (exact) mass is 816 g/mol. The molecule has 1 fully saturated rings. The number of carbonyl (C=O) groups excluding carboxylic acids is 3. The molecule has 59 heavy (non-hydrogen) atoms. The van der Waals surface area contributed by atoms with Crippen LogP contribution in [0.2, 0.25) is 5.04 Å². The van der Waals surface area contributed by atoms with Gasteiger partial charge in [-0.1, -0.05) is 154 Å². The van der Waals surface area contributed by atoms with Gasteiger partial charge < -0.3 is 32.8 Å². The lowest BCUT2D eigenvalue weighted by Crippen LogP contribution is -2.68. The zero-order chi connectivity index (χ0) is 41.8. The molecule has 11 heteroatoms. The molecule has 5 aromatic rings. The summed E-state index contributed by atoms with van der Waals surface area (Å²) in [4.78, 5) is 38.0. The van der Waals surface area contributed by atoms with Gasteiger partial charge in [0, 0.05) is 13.8 Å². The van der Waals surface area contributed by atoms with Crippen molar-refractivity contribution in [2.75, 3.05) is 6.61 Å². The van der Waals surface area contributed by atoms with Crippen LogP contribution in [0, 0.1) is 0 Å². The van der Waals surface area contributed by atoms with E-state index in [4.69, 9.17) is 32.8 Å². The van der Waals surface area contributed by atoms with Crippen LogP contribution in [0.25, 0.3) is 0 Å². The molecule has 0 spiro atoms. The summed E-state index contributed by atoms with van der Waals surface area (Å²) in [7, 11) is -3.08. The zero-order valence-corrected chi connectivity index (χ0v) is 35.2. The van der Waals surface area contributed by atoms with E-state index >= 15 is 0 Å². The quantitative estimate of drug-likeness (QED) is 0.0571. The number of rotatable bonds is 16. The summed E-state index contributed by atoms with van der Waals surface area (Å²) in [5.41, 5.74) is 2.93. The Balaban J connectivity index is 1.30. The van der Waals surface area contributed by atoms with E-state index in [9.17, 15) is 14.4 Å². The molecule has 1 heterocycles. The average Bonchev–Trinajstić information content (AvgIpc) is 3.24. The fourth-order valence-corrected chi connectivity index (χ4v) is 12.0. The molecule has 0 amide bonds. The number of ether oxygens (including phenoxy) is 6. The number of hydrogen-bond donors (Lipinski definition) is 0. The maximum Gasteiger partial charge on any atom is 0.338 e. The molecule has 1 aliphatic heterocycles. The third-order valence-electron chi connectivity index (χ3n) is 10.2. The molecule has 1 aliphatic rings. The van der Waals surface area contributed by atoms with Crippen LogP contribution in [0.3, 0.4) is 0 Å². The second-order valence-electron chi connectivity index (χ2n) is 15.5. The van der Waals surface area contributed by atoms with Gasteiger partial charge in [0.25, 0.3) is 8.32 Å². The maximum absolute atomic E-state index is 12.8. The summed E-state index contributed by atoms with van der Waals surface area (Å²) >= 11 is 0. The lowest BCUT2D eigenvalue weighted by atomic mass is 9.98. The molecule has 0 bridgehead atoms. The van der Waals surface area contributed by atoms with Gasteiger partial charge in [-0.3, -0.25) is 9.59 Å². The highest BCUT2D eigenvalue weighted by Gasteiger charge is 2.54. The SMILES string of the molecule is CC(=O)O[C@@H]1[C@@H](OC(C)=O)[C@H](OCc2ccc(COC(=O)c3ccccc3)cc2)O[C@H](CO[Si](c2ccccc2)(c2ccccc2)C(C)(C)C)[C@H]1OCc1ccccc1. The summed E-state index contributed by atoms with van der Waals surface area (Å²) in [5, 5.41) is 1.82. The summed E-state index contributed by atoms with van der Waals surface area (Å²) in [6, 6.07) is 46.3. The summed E-state index contributed by atoms with van der Waals surface area (Å²) in [5.74, 6) is -1.61. The van der Waals surface area contributed by atoms with Crippen LogP contribution in [0.4, 0.5) is 0 Å². The van der Waals surface area contributed by atoms with Gasteiger partial charge in [-0.05, 0) is 44.2 Å². The predicted molar refractivity (Wildman–Crippen MR) is 225 cm³/mol. The Morgan fingerprint density at radius 3 is 1.54 bits per heavy atom. The zero-order valence-electron chi connectivity index (χ0n) is 34.2. The smallest absolute Gasteiger partial charge is 0.338 e. The number of carbonyl (C=O) groups is 3.